The van der Waals surface area contributed by atoms with Gasteiger partial charge in [-0.15, -0.1) is 0 Å². The van der Waals surface area contributed by atoms with Crippen molar-refractivity contribution in [3.63, 3.8) is 0 Å². The molecule has 224 valence electrons. The van der Waals surface area contributed by atoms with Crippen LogP contribution in [-0.4, -0.2) is 69.7 Å². The van der Waals surface area contributed by atoms with Crippen LogP contribution in [0.1, 0.15) is 45.0 Å². The predicted octanol–water partition coefficient (Wildman–Crippen LogP) is 6.20. The number of carbonyl (C=O) groups is 1. The number of hydrogen-bond donors (Lipinski definition) is 2. The minimum atomic E-state index is -0.937. The van der Waals surface area contributed by atoms with E-state index in [0.29, 0.717) is 36.7 Å². The van der Waals surface area contributed by atoms with Crippen LogP contribution < -0.4 is 10.1 Å². The molecule has 8 nitrogen and oxygen atoms in total. The second-order valence-electron chi connectivity index (χ2n) is 11.2. The first-order valence-corrected chi connectivity index (χ1v) is 15.2. The summed E-state index contributed by atoms with van der Waals surface area (Å²) in [5.74, 6) is -0.170. The lowest BCUT2D eigenvalue weighted by Crippen LogP contribution is -2.44. The standard InChI is InChI=1S/C32H39Cl2N5O3/c1-19-17-23(18-20(2)29(19)34)42-16-6-7-24-25-8-9-26(33)28(27-21(3)36-37(5)22(27)4)30(25)39(31(24)32(40)41)15-14-38-12-10-35-11-13-38/h8-9,17-18,35H,6-7,10-16H2,1-5H3,(H,40,41). The molecule has 2 N–H and O–H groups in total. The molecule has 0 aliphatic carbocycles. The third-order valence-corrected chi connectivity index (χ3v) is 9.25. The Bertz CT molecular complexity index is 1610. The maximum atomic E-state index is 13.0. The molecular formula is C32H39Cl2N5O3. The minimum absolute atomic E-state index is 0.320. The van der Waals surface area contributed by atoms with Crippen LogP contribution in [0.4, 0.5) is 0 Å². The molecule has 0 amide bonds. The van der Waals surface area contributed by atoms with Crippen molar-refractivity contribution in [1.29, 1.82) is 0 Å². The maximum absolute atomic E-state index is 13.0. The molecule has 1 aliphatic heterocycles. The number of aryl methyl sites for hydroxylation is 5. The topological polar surface area (TPSA) is 84.6 Å². The van der Waals surface area contributed by atoms with Gasteiger partial charge in [-0.2, -0.15) is 5.10 Å². The average molecular weight is 613 g/mol. The number of carboxylic acid groups (broad SMARTS) is 1. The Morgan fingerprint density at radius 1 is 1.05 bits per heavy atom. The summed E-state index contributed by atoms with van der Waals surface area (Å²) in [5.41, 5.74) is 7.56. The third kappa shape index (κ3) is 5.91. The lowest BCUT2D eigenvalue weighted by molar-refractivity contribution is 0.0683. The number of hydrogen-bond acceptors (Lipinski definition) is 5. The summed E-state index contributed by atoms with van der Waals surface area (Å²) in [4.78, 5) is 15.3. The van der Waals surface area contributed by atoms with E-state index in [1.807, 2.05) is 68.3 Å². The average Bonchev–Trinajstić information content (AvgIpc) is 3.41. The van der Waals surface area contributed by atoms with E-state index in [-0.39, 0.29) is 0 Å². The first-order chi connectivity index (χ1) is 20.1. The van der Waals surface area contributed by atoms with Crippen molar-refractivity contribution >= 4 is 40.1 Å². The number of ether oxygens (including phenoxy) is 1. The van der Waals surface area contributed by atoms with Crippen molar-refractivity contribution in [3.05, 3.63) is 68.1 Å². The number of fused-ring (bicyclic) bond motifs is 1. The number of nitrogens with one attached hydrogen (secondary N) is 1. The van der Waals surface area contributed by atoms with Gasteiger partial charge in [0.1, 0.15) is 11.4 Å². The molecule has 42 heavy (non-hydrogen) atoms. The van der Waals surface area contributed by atoms with Crippen molar-refractivity contribution in [2.45, 2.75) is 47.1 Å². The van der Waals surface area contributed by atoms with Gasteiger partial charge in [-0.1, -0.05) is 29.3 Å². The summed E-state index contributed by atoms with van der Waals surface area (Å²) in [6, 6.07) is 7.73. The van der Waals surface area contributed by atoms with Crippen molar-refractivity contribution in [2.75, 3.05) is 39.3 Å². The van der Waals surface area contributed by atoms with Crippen molar-refractivity contribution in [2.24, 2.45) is 7.05 Å². The van der Waals surface area contributed by atoms with Crippen molar-refractivity contribution < 1.29 is 14.6 Å². The van der Waals surface area contributed by atoms with E-state index < -0.39 is 5.97 Å². The summed E-state index contributed by atoms with van der Waals surface area (Å²) in [6.07, 6.45) is 1.21. The number of carboxylic acids is 1. The molecule has 10 heteroatoms. The SMILES string of the molecule is Cc1cc(OCCCc2c(C(=O)O)n(CCN3CCNCC3)c3c(-c4c(C)nn(C)c4C)c(Cl)ccc23)cc(C)c1Cl. The highest BCUT2D eigenvalue weighted by atomic mass is 35.5. The van der Waals surface area contributed by atoms with Crippen LogP contribution in [0, 0.1) is 27.7 Å². The van der Waals surface area contributed by atoms with Gasteiger partial charge in [0.05, 0.1) is 22.8 Å². The van der Waals surface area contributed by atoms with E-state index >= 15 is 0 Å². The Balaban J connectivity index is 1.56. The number of piperazine rings is 1. The summed E-state index contributed by atoms with van der Waals surface area (Å²) >= 11 is 13.3. The molecule has 0 radical (unpaired) electrons. The van der Waals surface area contributed by atoms with Crippen LogP contribution >= 0.6 is 23.2 Å². The summed E-state index contributed by atoms with van der Waals surface area (Å²) in [5, 5.41) is 20.9. The minimum Gasteiger partial charge on any atom is -0.494 e. The molecule has 4 aromatic rings. The molecular weight excluding hydrogens is 573 g/mol. The largest absolute Gasteiger partial charge is 0.494 e. The molecule has 2 aromatic carbocycles. The van der Waals surface area contributed by atoms with Gasteiger partial charge in [0.15, 0.2) is 0 Å². The van der Waals surface area contributed by atoms with Crippen LogP contribution in [0.3, 0.4) is 0 Å². The van der Waals surface area contributed by atoms with Gasteiger partial charge >= 0.3 is 5.97 Å². The summed E-state index contributed by atoms with van der Waals surface area (Å²) in [6.45, 7) is 13.4. The van der Waals surface area contributed by atoms with Gasteiger partial charge < -0.3 is 19.7 Å². The zero-order valence-electron chi connectivity index (χ0n) is 25.0. The van der Waals surface area contributed by atoms with Gasteiger partial charge in [-0.3, -0.25) is 9.58 Å². The number of nitrogens with zero attached hydrogens (tertiary/aromatic N) is 4. The second-order valence-corrected chi connectivity index (χ2v) is 12.0. The Morgan fingerprint density at radius 2 is 1.74 bits per heavy atom. The summed E-state index contributed by atoms with van der Waals surface area (Å²) in [7, 11) is 1.92. The van der Waals surface area contributed by atoms with Crippen LogP contribution in [0.15, 0.2) is 24.3 Å². The van der Waals surface area contributed by atoms with Gasteiger partial charge in [0.2, 0.25) is 0 Å². The smallest absolute Gasteiger partial charge is 0.352 e. The molecule has 0 saturated carbocycles. The zero-order chi connectivity index (χ0) is 30.1. The lowest BCUT2D eigenvalue weighted by Gasteiger charge is -2.27. The highest BCUT2D eigenvalue weighted by molar-refractivity contribution is 6.35. The van der Waals surface area contributed by atoms with E-state index in [4.69, 9.17) is 27.9 Å². The molecule has 3 heterocycles. The highest BCUT2D eigenvalue weighted by Gasteiger charge is 2.28. The molecule has 0 atom stereocenters. The van der Waals surface area contributed by atoms with E-state index in [1.165, 1.54) is 0 Å². The number of halogens is 2. The van der Waals surface area contributed by atoms with Crippen molar-refractivity contribution in [1.82, 2.24) is 24.6 Å². The first-order valence-electron chi connectivity index (χ1n) is 14.5. The number of rotatable bonds is 10. The van der Waals surface area contributed by atoms with Crippen LogP contribution in [0.25, 0.3) is 22.0 Å². The van der Waals surface area contributed by atoms with Crippen LogP contribution in [0.5, 0.6) is 5.75 Å². The quantitative estimate of drug-likeness (QED) is 0.208. The van der Waals surface area contributed by atoms with Crippen LogP contribution in [-0.2, 0) is 20.0 Å². The number of aromatic nitrogens is 3. The molecule has 5 rings (SSSR count). The second kappa shape index (κ2) is 12.7. The highest BCUT2D eigenvalue weighted by Crippen LogP contribution is 2.42. The molecule has 2 aromatic heterocycles. The fourth-order valence-electron chi connectivity index (χ4n) is 6.19. The van der Waals surface area contributed by atoms with E-state index in [0.717, 1.165) is 93.6 Å². The summed E-state index contributed by atoms with van der Waals surface area (Å²) < 4.78 is 9.91. The molecule has 1 aliphatic rings. The Morgan fingerprint density at radius 3 is 2.36 bits per heavy atom. The molecule has 1 fully saturated rings. The third-order valence-electron chi connectivity index (χ3n) is 8.34. The fraction of sp³-hybridized carbons (Fsp3) is 0.438. The number of benzene rings is 2. The monoisotopic (exact) mass is 611 g/mol. The lowest BCUT2D eigenvalue weighted by atomic mass is 9.98. The maximum Gasteiger partial charge on any atom is 0.352 e. The Hall–Kier alpha value is -3.04. The molecule has 1 saturated heterocycles. The Kier molecular flexibility index (Phi) is 9.18. The van der Waals surface area contributed by atoms with Gasteiger partial charge in [0.25, 0.3) is 0 Å². The van der Waals surface area contributed by atoms with Gasteiger partial charge in [0, 0.05) is 73.5 Å². The number of aromatic carboxylic acids is 1. The molecule has 0 unspecified atom stereocenters. The van der Waals surface area contributed by atoms with E-state index in [1.54, 1.807) is 0 Å². The normalized spacial score (nSPS) is 14.2. The van der Waals surface area contributed by atoms with Crippen LogP contribution in [0.2, 0.25) is 10.0 Å². The Labute approximate surface area is 257 Å². The van der Waals surface area contributed by atoms with E-state index in [9.17, 15) is 9.90 Å². The fourth-order valence-corrected chi connectivity index (χ4v) is 6.55. The molecule has 0 spiro atoms. The van der Waals surface area contributed by atoms with Gasteiger partial charge in [-0.05, 0) is 75.4 Å². The first kappa shape index (κ1) is 30.4. The van der Waals surface area contributed by atoms with Crippen molar-refractivity contribution in [3.8, 4) is 16.9 Å². The molecule has 0 bridgehead atoms. The van der Waals surface area contributed by atoms with Gasteiger partial charge in [-0.25, -0.2) is 4.79 Å². The van der Waals surface area contributed by atoms with E-state index in [2.05, 4.69) is 15.3 Å². The zero-order valence-corrected chi connectivity index (χ0v) is 26.5. The predicted molar refractivity (Wildman–Crippen MR) is 170 cm³/mol.